The normalized spacial score (nSPS) is 9.74. The number of carbonyl (C=O) groups is 1. The minimum atomic E-state index is -0.299. The van der Waals surface area contributed by atoms with Gasteiger partial charge in [0.25, 0.3) is 5.91 Å². The standard InChI is InChI=1S/C13H11N3O2S/c1-8-15-11(7-19-8)13(17)16-10-4-3-9(6-14)5-12(10)18-2/h3-5,7H,1-2H3,(H,16,17). The third-order valence-corrected chi connectivity index (χ3v) is 3.20. The number of nitrogens with one attached hydrogen (secondary N) is 1. The molecule has 5 nitrogen and oxygen atoms in total. The van der Waals surface area contributed by atoms with Crippen LogP contribution in [-0.2, 0) is 0 Å². The molecule has 1 N–H and O–H groups in total. The van der Waals surface area contributed by atoms with Gasteiger partial charge in [-0.3, -0.25) is 4.79 Å². The molecule has 19 heavy (non-hydrogen) atoms. The van der Waals surface area contributed by atoms with Crippen LogP contribution in [0.2, 0.25) is 0 Å². The minimum absolute atomic E-state index is 0.299. The average molecular weight is 273 g/mol. The summed E-state index contributed by atoms with van der Waals surface area (Å²) in [5.41, 5.74) is 1.35. The molecule has 0 unspecified atom stereocenters. The molecule has 2 rings (SSSR count). The first-order valence-electron chi connectivity index (χ1n) is 5.45. The van der Waals surface area contributed by atoms with E-state index in [2.05, 4.69) is 10.3 Å². The minimum Gasteiger partial charge on any atom is -0.495 e. The maximum atomic E-state index is 12.0. The lowest BCUT2D eigenvalue weighted by molar-refractivity contribution is 0.102. The molecule has 2 aromatic rings. The van der Waals surface area contributed by atoms with E-state index in [1.165, 1.54) is 18.4 Å². The Morgan fingerprint density at radius 2 is 2.32 bits per heavy atom. The fourth-order valence-corrected chi connectivity index (χ4v) is 2.11. The smallest absolute Gasteiger partial charge is 0.275 e. The van der Waals surface area contributed by atoms with Crippen molar-refractivity contribution in [2.75, 3.05) is 12.4 Å². The number of ether oxygens (including phenoxy) is 1. The molecule has 0 bridgehead atoms. The maximum absolute atomic E-state index is 12.0. The molecule has 0 fully saturated rings. The molecule has 1 aromatic carbocycles. The van der Waals surface area contributed by atoms with Gasteiger partial charge >= 0.3 is 0 Å². The summed E-state index contributed by atoms with van der Waals surface area (Å²) < 4.78 is 5.15. The molecular formula is C13H11N3O2S. The number of hydrogen-bond acceptors (Lipinski definition) is 5. The van der Waals surface area contributed by atoms with E-state index in [0.717, 1.165) is 5.01 Å². The third-order valence-electron chi connectivity index (χ3n) is 2.43. The number of thiazole rings is 1. The highest BCUT2D eigenvalue weighted by Gasteiger charge is 2.12. The second kappa shape index (κ2) is 5.50. The quantitative estimate of drug-likeness (QED) is 0.932. The lowest BCUT2D eigenvalue weighted by Crippen LogP contribution is -2.13. The summed E-state index contributed by atoms with van der Waals surface area (Å²) in [4.78, 5) is 16.1. The number of amides is 1. The van der Waals surface area contributed by atoms with Crippen LogP contribution in [0.5, 0.6) is 5.75 Å². The van der Waals surface area contributed by atoms with Crippen molar-refractivity contribution >= 4 is 22.9 Å². The van der Waals surface area contributed by atoms with Crippen molar-refractivity contribution in [3.05, 3.63) is 39.8 Å². The molecule has 0 aliphatic heterocycles. The summed E-state index contributed by atoms with van der Waals surface area (Å²) in [5, 5.41) is 14.0. The van der Waals surface area contributed by atoms with E-state index < -0.39 is 0 Å². The fraction of sp³-hybridized carbons (Fsp3) is 0.154. The Labute approximate surface area is 114 Å². The van der Waals surface area contributed by atoms with Gasteiger partial charge in [-0.2, -0.15) is 5.26 Å². The first kappa shape index (κ1) is 13.1. The monoisotopic (exact) mass is 273 g/mol. The van der Waals surface area contributed by atoms with E-state index in [1.54, 1.807) is 23.6 Å². The molecule has 1 heterocycles. The molecule has 1 amide bonds. The second-order valence-electron chi connectivity index (χ2n) is 3.73. The summed E-state index contributed by atoms with van der Waals surface area (Å²) in [5.74, 6) is 0.145. The average Bonchev–Trinajstić information content (AvgIpc) is 2.86. The molecule has 96 valence electrons. The van der Waals surface area contributed by atoms with Crippen molar-refractivity contribution in [3.8, 4) is 11.8 Å². The van der Waals surface area contributed by atoms with Gasteiger partial charge in [-0.25, -0.2) is 4.98 Å². The molecule has 0 aliphatic rings. The lowest BCUT2D eigenvalue weighted by atomic mass is 10.2. The van der Waals surface area contributed by atoms with E-state index in [-0.39, 0.29) is 5.91 Å². The van der Waals surface area contributed by atoms with Gasteiger partial charge in [0.15, 0.2) is 0 Å². The van der Waals surface area contributed by atoms with E-state index >= 15 is 0 Å². The topological polar surface area (TPSA) is 75.0 Å². The number of hydrogen-bond donors (Lipinski definition) is 1. The molecule has 0 saturated heterocycles. The third kappa shape index (κ3) is 2.89. The number of nitrogens with zero attached hydrogens (tertiary/aromatic N) is 2. The molecule has 0 spiro atoms. The van der Waals surface area contributed by atoms with Crippen LogP contribution in [0.1, 0.15) is 21.1 Å². The Balaban J connectivity index is 2.24. The summed E-state index contributed by atoms with van der Waals surface area (Å²) in [7, 11) is 1.49. The van der Waals surface area contributed by atoms with Crippen LogP contribution in [-0.4, -0.2) is 18.0 Å². The fourth-order valence-electron chi connectivity index (χ4n) is 1.52. The molecule has 1 aromatic heterocycles. The number of aromatic nitrogens is 1. The summed E-state index contributed by atoms with van der Waals surface area (Å²) >= 11 is 1.41. The maximum Gasteiger partial charge on any atom is 0.275 e. The molecule has 0 aliphatic carbocycles. The number of benzene rings is 1. The molecule has 0 saturated carbocycles. The zero-order chi connectivity index (χ0) is 13.8. The summed E-state index contributed by atoms with van der Waals surface area (Å²) in [6, 6.07) is 6.83. The van der Waals surface area contributed by atoms with Crippen molar-refractivity contribution in [1.82, 2.24) is 4.98 Å². The van der Waals surface area contributed by atoms with Crippen molar-refractivity contribution in [1.29, 1.82) is 5.26 Å². The van der Waals surface area contributed by atoms with Crippen molar-refractivity contribution in [3.63, 3.8) is 0 Å². The van der Waals surface area contributed by atoms with E-state index in [1.807, 2.05) is 13.0 Å². The second-order valence-corrected chi connectivity index (χ2v) is 4.79. The van der Waals surface area contributed by atoms with Gasteiger partial charge in [0, 0.05) is 11.4 Å². The van der Waals surface area contributed by atoms with Gasteiger partial charge in [-0.1, -0.05) is 0 Å². The number of nitriles is 1. The van der Waals surface area contributed by atoms with Crippen LogP contribution < -0.4 is 10.1 Å². The number of methoxy groups -OCH3 is 1. The van der Waals surface area contributed by atoms with Gasteiger partial charge in [0.2, 0.25) is 0 Å². The summed E-state index contributed by atoms with van der Waals surface area (Å²) in [6.45, 7) is 1.84. The van der Waals surface area contributed by atoms with Crippen LogP contribution in [0.25, 0.3) is 0 Å². The van der Waals surface area contributed by atoms with E-state index in [0.29, 0.717) is 22.7 Å². The van der Waals surface area contributed by atoms with Gasteiger partial charge in [0.05, 0.1) is 29.4 Å². The van der Waals surface area contributed by atoms with Crippen molar-refractivity contribution in [2.24, 2.45) is 0 Å². The van der Waals surface area contributed by atoms with E-state index in [4.69, 9.17) is 10.00 Å². The van der Waals surface area contributed by atoms with Gasteiger partial charge < -0.3 is 10.1 Å². The predicted octanol–water partition coefficient (Wildman–Crippen LogP) is 2.58. The SMILES string of the molecule is COc1cc(C#N)ccc1NC(=O)c1csc(C)n1. The highest BCUT2D eigenvalue weighted by Crippen LogP contribution is 2.25. The first-order chi connectivity index (χ1) is 9.13. The number of anilines is 1. The Kier molecular flexibility index (Phi) is 3.78. The Morgan fingerprint density at radius 1 is 1.53 bits per heavy atom. The van der Waals surface area contributed by atoms with Gasteiger partial charge in [-0.05, 0) is 19.1 Å². The van der Waals surface area contributed by atoms with Crippen LogP contribution in [0.4, 0.5) is 5.69 Å². The predicted molar refractivity (Wildman–Crippen MR) is 72.5 cm³/mol. The Bertz CT molecular complexity index is 658. The zero-order valence-corrected chi connectivity index (χ0v) is 11.2. The van der Waals surface area contributed by atoms with Crippen LogP contribution in [0.3, 0.4) is 0 Å². The largest absolute Gasteiger partial charge is 0.495 e. The molecule has 0 radical (unpaired) electrons. The summed E-state index contributed by atoms with van der Waals surface area (Å²) in [6.07, 6.45) is 0. The highest BCUT2D eigenvalue weighted by molar-refractivity contribution is 7.09. The molecular weight excluding hydrogens is 262 g/mol. The van der Waals surface area contributed by atoms with Crippen LogP contribution in [0.15, 0.2) is 23.6 Å². The van der Waals surface area contributed by atoms with Crippen LogP contribution >= 0.6 is 11.3 Å². The van der Waals surface area contributed by atoms with Gasteiger partial charge in [0.1, 0.15) is 11.4 Å². The Hall–Kier alpha value is -2.39. The van der Waals surface area contributed by atoms with Crippen LogP contribution in [0, 0.1) is 18.3 Å². The number of aryl methyl sites for hydroxylation is 1. The zero-order valence-electron chi connectivity index (χ0n) is 10.4. The van der Waals surface area contributed by atoms with Crippen molar-refractivity contribution in [2.45, 2.75) is 6.92 Å². The Morgan fingerprint density at radius 3 is 2.89 bits per heavy atom. The first-order valence-corrected chi connectivity index (χ1v) is 6.33. The molecule has 6 heteroatoms. The lowest BCUT2D eigenvalue weighted by Gasteiger charge is -2.09. The van der Waals surface area contributed by atoms with Gasteiger partial charge in [-0.15, -0.1) is 11.3 Å². The van der Waals surface area contributed by atoms with E-state index in [9.17, 15) is 4.79 Å². The van der Waals surface area contributed by atoms with Crippen molar-refractivity contribution < 1.29 is 9.53 Å². The highest BCUT2D eigenvalue weighted by atomic mass is 32.1. The number of carbonyl (C=O) groups excluding carboxylic acids is 1. The number of rotatable bonds is 3. The molecule has 0 atom stereocenters.